The van der Waals surface area contributed by atoms with E-state index in [9.17, 15) is 18.0 Å². The van der Waals surface area contributed by atoms with Gasteiger partial charge >= 0.3 is 11.8 Å². The highest BCUT2D eigenvalue weighted by molar-refractivity contribution is 9.09. The van der Waals surface area contributed by atoms with Gasteiger partial charge in [-0.05, 0) is 12.1 Å². The summed E-state index contributed by atoms with van der Waals surface area (Å²) >= 11 is 2.95. The Balaban J connectivity index is 2.26. The van der Waals surface area contributed by atoms with Crippen molar-refractivity contribution in [2.75, 3.05) is 10.6 Å². The van der Waals surface area contributed by atoms with Crippen LogP contribution in [0.15, 0.2) is 34.5 Å². The molecule has 1 heterocycles. The van der Waals surface area contributed by atoms with Crippen LogP contribution in [0.3, 0.4) is 0 Å². The van der Waals surface area contributed by atoms with E-state index in [4.69, 9.17) is 0 Å². The monoisotopic (exact) mass is 321 g/mol. The molecule has 0 saturated carbocycles. The van der Waals surface area contributed by atoms with E-state index in [0.29, 0.717) is 0 Å². The maximum Gasteiger partial charge on any atom is 0.442 e. The molecule has 0 atom stereocenters. The van der Waals surface area contributed by atoms with Crippen LogP contribution in [-0.2, 0) is 10.5 Å². The third kappa shape index (κ3) is 2.24. The molecule has 0 aromatic heterocycles. The van der Waals surface area contributed by atoms with Crippen molar-refractivity contribution < 1.29 is 18.0 Å². The van der Waals surface area contributed by atoms with Gasteiger partial charge in [0.1, 0.15) is 0 Å². The molecule has 1 amide bonds. The van der Waals surface area contributed by atoms with Gasteiger partial charge in [-0.25, -0.2) is 0 Å². The molecule has 18 heavy (non-hydrogen) atoms. The highest BCUT2D eigenvalue weighted by atomic mass is 79.9. The van der Waals surface area contributed by atoms with Gasteiger partial charge in [0.25, 0.3) is 0 Å². The Hall–Kier alpha value is -1.44. The third-order valence-electron chi connectivity index (χ3n) is 2.37. The standard InChI is InChI=1S/C10H7BrF3N3O/c11-5-8(18)15-7-3-1-2-6(4-7)9(16-17-9)10(12,13)14/h1-4H,5H2,(H,15,18). The Morgan fingerprint density at radius 3 is 2.56 bits per heavy atom. The smallest absolute Gasteiger partial charge is 0.325 e. The second-order valence-electron chi connectivity index (χ2n) is 3.63. The fourth-order valence-electron chi connectivity index (χ4n) is 1.45. The lowest BCUT2D eigenvalue weighted by molar-refractivity contribution is -0.166. The van der Waals surface area contributed by atoms with Gasteiger partial charge in [-0.3, -0.25) is 4.79 Å². The van der Waals surface area contributed by atoms with Crippen molar-refractivity contribution in [3.05, 3.63) is 29.8 Å². The lowest BCUT2D eigenvalue weighted by atomic mass is 10.0. The van der Waals surface area contributed by atoms with E-state index < -0.39 is 11.8 Å². The van der Waals surface area contributed by atoms with E-state index in [0.717, 1.165) is 0 Å². The van der Waals surface area contributed by atoms with Crippen LogP contribution in [0.4, 0.5) is 18.9 Å². The molecule has 0 radical (unpaired) electrons. The van der Waals surface area contributed by atoms with Crippen molar-refractivity contribution in [3.63, 3.8) is 0 Å². The molecule has 1 N–H and O–H groups in total. The predicted molar refractivity (Wildman–Crippen MR) is 61.5 cm³/mol. The molecule has 0 aliphatic carbocycles. The molecule has 0 saturated heterocycles. The van der Waals surface area contributed by atoms with E-state index in [-0.39, 0.29) is 22.5 Å². The average molecular weight is 322 g/mol. The van der Waals surface area contributed by atoms with Gasteiger partial charge in [-0.1, -0.05) is 28.1 Å². The summed E-state index contributed by atoms with van der Waals surface area (Å²) in [6.45, 7) is 0. The van der Waals surface area contributed by atoms with Crippen LogP contribution in [0.5, 0.6) is 0 Å². The van der Waals surface area contributed by atoms with E-state index in [1.54, 1.807) is 0 Å². The van der Waals surface area contributed by atoms with Crippen LogP contribution in [0, 0.1) is 0 Å². The summed E-state index contributed by atoms with van der Waals surface area (Å²) in [4.78, 5) is 11.1. The lowest BCUT2D eigenvalue weighted by Gasteiger charge is -2.15. The van der Waals surface area contributed by atoms with Crippen molar-refractivity contribution in [2.24, 2.45) is 10.2 Å². The SMILES string of the molecule is O=C(CBr)Nc1cccc(C2(C(F)(F)F)N=N2)c1. The normalized spacial score (nSPS) is 16.4. The Bertz CT molecular complexity index is 509. The van der Waals surface area contributed by atoms with Crippen LogP contribution in [0.2, 0.25) is 0 Å². The van der Waals surface area contributed by atoms with E-state index in [1.165, 1.54) is 24.3 Å². The number of rotatable bonds is 3. The molecule has 1 aliphatic rings. The minimum Gasteiger partial charge on any atom is -0.325 e. The van der Waals surface area contributed by atoms with Gasteiger partial charge in [0.15, 0.2) is 0 Å². The summed E-state index contributed by atoms with van der Waals surface area (Å²) in [6, 6.07) is 5.40. The number of alkyl halides is 4. The van der Waals surface area contributed by atoms with Crippen molar-refractivity contribution in [3.8, 4) is 0 Å². The first-order valence-electron chi connectivity index (χ1n) is 4.86. The van der Waals surface area contributed by atoms with Gasteiger partial charge in [-0.15, -0.1) is 10.2 Å². The van der Waals surface area contributed by atoms with Crippen molar-refractivity contribution in [1.82, 2.24) is 0 Å². The number of amides is 1. The summed E-state index contributed by atoms with van der Waals surface area (Å²) < 4.78 is 38.3. The molecule has 8 heteroatoms. The van der Waals surface area contributed by atoms with E-state index >= 15 is 0 Å². The first kappa shape index (κ1) is 13.0. The second kappa shape index (κ2) is 4.34. The highest BCUT2D eigenvalue weighted by Crippen LogP contribution is 2.52. The van der Waals surface area contributed by atoms with E-state index in [1.807, 2.05) is 0 Å². The molecule has 0 bridgehead atoms. The number of hydrogen-bond donors (Lipinski definition) is 1. The predicted octanol–water partition coefficient (Wildman–Crippen LogP) is 3.20. The molecule has 96 valence electrons. The zero-order valence-electron chi connectivity index (χ0n) is 8.83. The number of nitrogens with one attached hydrogen (secondary N) is 1. The molecule has 1 aliphatic heterocycles. The highest BCUT2D eigenvalue weighted by Gasteiger charge is 2.65. The number of hydrogen-bond acceptors (Lipinski definition) is 3. The molecule has 1 aromatic rings. The van der Waals surface area contributed by atoms with Crippen LogP contribution >= 0.6 is 15.9 Å². The number of halogens is 4. The Kier molecular flexibility index (Phi) is 3.14. The summed E-state index contributed by atoms with van der Waals surface area (Å²) in [5.41, 5.74) is -2.29. The summed E-state index contributed by atoms with van der Waals surface area (Å²) in [5, 5.41) is 8.70. The van der Waals surface area contributed by atoms with Crippen LogP contribution in [-0.4, -0.2) is 17.4 Å². The van der Waals surface area contributed by atoms with Crippen molar-refractivity contribution in [1.29, 1.82) is 0 Å². The van der Waals surface area contributed by atoms with Crippen LogP contribution in [0.1, 0.15) is 5.56 Å². The topological polar surface area (TPSA) is 53.8 Å². The maximum atomic E-state index is 12.8. The number of nitrogens with zero attached hydrogens (tertiary/aromatic N) is 2. The lowest BCUT2D eigenvalue weighted by Crippen LogP contribution is -2.30. The number of carbonyl (C=O) groups excluding carboxylic acids is 1. The molecular formula is C10H7BrF3N3O. The molecule has 2 rings (SSSR count). The van der Waals surface area contributed by atoms with Crippen LogP contribution in [0.25, 0.3) is 0 Å². The van der Waals surface area contributed by atoms with Gasteiger partial charge in [0.05, 0.1) is 5.33 Å². The first-order valence-corrected chi connectivity index (χ1v) is 5.98. The number of carbonyl (C=O) groups is 1. The second-order valence-corrected chi connectivity index (χ2v) is 4.19. The van der Waals surface area contributed by atoms with Gasteiger partial charge < -0.3 is 5.32 Å². The van der Waals surface area contributed by atoms with Crippen molar-refractivity contribution in [2.45, 2.75) is 11.8 Å². The summed E-state index contributed by atoms with van der Waals surface area (Å²) in [6.07, 6.45) is -4.56. The molecule has 4 nitrogen and oxygen atoms in total. The Morgan fingerprint density at radius 2 is 2.06 bits per heavy atom. The largest absolute Gasteiger partial charge is 0.442 e. The first-order chi connectivity index (χ1) is 8.39. The molecule has 0 unspecified atom stereocenters. The van der Waals surface area contributed by atoms with Gasteiger partial charge in [0.2, 0.25) is 5.91 Å². The number of benzene rings is 1. The molecule has 1 aromatic carbocycles. The summed E-state index contributed by atoms with van der Waals surface area (Å²) in [7, 11) is 0. The van der Waals surface area contributed by atoms with Crippen molar-refractivity contribution >= 4 is 27.5 Å². The van der Waals surface area contributed by atoms with E-state index in [2.05, 4.69) is 31.5 Å². The Labute approximate surface area is 108 Å². The quantitative estimate of drug-likeness (QED) is 0.854. The molecule has 0 spiro atoms. The van der Waals surface area contributed by atoms with Gasteiger partial charge in [0, 0.05) is 11.3 Å². The van der Waals surface area contributed by atoms with Gasteiger partial charge in [-0.2, -0.15) is 13.2 Å². The number of anilines is 1. The fourth-order valence-corrected chi connectivity index (χ4v) is 1.59. The zero-order chi connectivity index (χ0) is 13.4. The average Bonchev–Trinajstić information content (AvgIpc) is 3.09. The minimum absolute atomic E-state index is 0.0659. The summed E-state index contributed by atoms with van der Waals surface area (Å²) in [5.74, 6) is -0.349. The molecule has 0 fully saturated rings. The fraction of sp³-hybridized carbons (Fsp3) is 0.300. The van der Waals surface area contributed by atoms with Crippen LogP contribution < -0.4 is 5.32 Å². The minimum atomic E-state index is -4.56. The zero-order valence-corrected chi connectivity index (χ0v) is 10.4. The third-order valence-corrected chi connectivity index (χ3v) is 2.87. The molecular weight excluding hydrogens is 315 g/mol. The maximum absolute atomic E-state index is 12.8. The Morgan fingerprint density at radius 1 is 1.39 bits per heavy atom.